The van der Waals surface area contributed by atoms with Crippen molar-refractivity contribution in [2.75, 3.05) is 62.8 Å². The van der Waals surface area contributed by atoms with Gasteiger partial charge in [-0.05, 0) is 67.4 Å². The van der Waals surface area contributed by atoms with Crippen LogP contribution in [0, 0.1) is 5.92 Å². The van der Waals surface area contributed by atoms with Gasteiger partial charge in [0.25, 0.3) is 0 Å². The Kier molecular flexibility index (Phi) is 6.84. The molecule has 0 spiro atoms. The maximum absolute atomic E-state index is 13.2. The molecule has 2 atom stereocenters. The van der Waals surface area contributed by atoms with Crippen LogP contribution in [0.1, 0.15) is 35.6 Å². The minimum Gasteiger partial charge on any atom is -0.380 e. The highest BCUT2D eigenvalue weighted by Gasteiger charge is 2.40. The zero-order valence-corrected chi connectivity index (χ0v) is 20.9. The van der Waals surface area contributed by atoms with E-state index in [0.29, 0.717) is 25.1 Å². The first-order valence-corrected chi connectivity index (χ1v) is 12.7. The minimum atomic E-state index is -4.41. The molecule has 0 bridgehead atoms. The number of carbonyl (C=O) groups excluding carboxylic acids is 1. The lowest BCUT2D eigenvalue weighted by Gasteiger charge is -2.43. The largest absolute Gasteiger partial charge is 0.416 e. The van der Waals surface area contributed by atoms with E-state index in [1.807, 2.05) is 17.0 Å². The molecule has 3 aliphatic heterocycles. The second-order valence-corrected chi connectivity index (χ2v) is 10.5. The monoisotopic (exact) mass is 518 g/mol. The van der Waals surface area contributed by atoms with Crippen LogP contribution in [0.2, 0.25) is 0 Å². The molecule has 0 aliphatic carbocycles. The average molecular weight is 519 g/mol. The molecule has 3 saturated heterocycles. The third-order valence-electron chi connectivity index (χ3n) is 7.94. The first kappa shape index (κ1) is 25.8. The van der Waals surface area contributed by atoms with Gasteiger partial charge in [0.15, 0.2) is 0 Å². The van der Waals surface area contributed by atoms with Gasteiger partial charge in [0.05, 0.1) is 24.8 Å². The van der Waals surface area contributed by atoms with E-state index in [9.17, 15) is 23.1 Å². The van der Waals surface area contributed by atoms with E-state index in [1.165, 1.54) is 12.1 Å². The van der Waals surface area contributed by atoms with Gasteiger partial charge in [-0.2, -0.15) is 13.2 Å². The molecule has 0 radical (unpaired) electrons. The predicted molar refractivity (Wildman–Crippen MR) is 134 cm³/mol. The van der Waals surface area contributed by atoms with Crippen molar-refractivity contribution >= 4 is 17.3 Å². The van der Waals surface area contributed by atoms with Crippen LogP contribution in [-0.4, -0.2) is 68.9 Å². The van der Waals surface area contributed by atoms with Gasteiger partial charge in [-0.15, -0.1) is 0 Å². The van der Waals surface area contributed by atoms with Crippen LogP contribution in [0.4, 0.5) is 24.5 Å². The number of piperazine rings is 1. The molecule has 2 aromatic rings. The molecule has 0 saturated carbocycles. The second kappa shape index (κ2) is 9.81. The molecule has 2 unspecified atom stereocenters. The number of anilines is 2. The van der Waals surface area contributed by atoms with E-state index in [-0.39, 0.29) is 31.1 Å². The molecule has 2 aromatic carbocycles. The first-order valence-electron chi connectivity index (χ1n) is 12.7. The molecule has 7 nitrogen and oxygen atoms in total. The highest BCUT2D eigenvalue weighted by atomic mass is 19.4. The molecular weight excluding hydrogens is 485 g/mol. The molecule has 3 fully saturated rings. The van der Waals surface area contributed by atoms with Crippen LogP contribution < -0.4 is 15.5 Å². The fraction of sp³-hybridized carbons (Fsp3) is 0.519. The van der Waals surface area contributed by atoms with Gasteiger partial charge in [0.1, 0.15) is 5.60 Å². The molecule has 1 amide bonds. The number of carbonyl (C=O) groups is 1. The SMILES string of the molecule is CN1CCN(c2cc(C3CC(C(N)=O)CCN3c3ccc(C(F)(F)F)cc3)cc(C3(O)COC3)c2)CC1. The fourth-order valence-corrected chi connectivity index (χ4v) is 5.50. The summed E-state index contributed by atoms with van der Waals surface area (Å²) < 4.78 is 44.9. The molecule has 3 aliphatic rings. The van der Waals surface area contributed by atoms with Crippen LogP contribution in [-0.2, 0) is 21.3 Å². The number of rotatable bonds is 5. The van der Waals surface area contributed by atoms with Gasteiger partial charge in [-0.3, -0.25) is 4.79 Å². The summed E-state index contributed by atoms with van der Waals surface area (Å²) in [6, 6.07) is 10.9. The molecular formula is C27H33F3N4O3. The standard InChI is InChI=1S/C27H33F3N4O3/c1-32-8-10-33(11-9-32)23-13-19(12-21(15-23)26(36)16-37-17-26)24-14-18(25(31)35)6-7-34(24)22-4-2-20(3-5-22)27(28,29)30/h2-5,12-13,15,18,24,36H,6-11,14,16-17H2,1H3,(H2,31,35). The molecule has 3 heterocycles. The Balaban J connectivity index is 1.54. The summed E-state index contributed by atoms with van der Waals surface area (Å²) in [6.07, 6.45) is -3.45. The van der Waals surface area contributed by atoms with Gasteiger partial charge in [0, 0.05) is 50.0 Å². The number of nitrogens with two attached hydrogens (primary N) is 1. The number of nitrogens with zero attached hydrogens (tertiary/aromatic N) is 3. The quantitative estimate of drug-likeness (QED) is 0.633. The smallest absolute Gasteiger partial charge is 0.380 e. The van der Waals surface area contributed by atoms with Crippen LogP contribution in [0.5, 0.6) is 0 Å². The lowest BCUT2D eigenvalue weighted by molar-refractivity contribution is -0.184. The van der Waals surface area contributed by atoms with Crippen molar-refractivity contribution in [3.05, 3.63) is 59.2 Å². The summed E-state index contributed by atoms with van der Waals surface area (Å²) in [5.41, 5.74) is 7.19. The summed E-state index contributed by atoms with van der Waals surface area (Å²) in [6.45, 7) is 4.39. The average Bonchev–Trinajstić information content (AvgIpc) is 2.86. The van der Waals surface area contributed by atoms with Crippen molar-refractivity contribution in [1.82, 2.24) is 4.90 Å². The number of hydrogen-bond acceptors (Lipinski definition) is 6. The number of amides is 1. The summed E-state index contributed by atoms with van der Waals surface area (Å²) in [4.78, 5) is 18.8. The summed E-state index contributed by atoms with van der Waals surface area (Å²) in [5, 5.41) is 11.2. The van der Waals surface area contributed by atoms with E-state index in [2.05, 4.69) is 22.9 Å². The number of aliphatic hydroxyl groups is 1. The van der Waals surface area contributed by atoms with Crippen molar-refractivity contribution in [1.29, 1.82) is 0 Å². The third kappa shape index (κ3) is 5.28. The van der Waals surface area contributed by atoms with E-state index < -0.39 is 17.3 Å². The van der Waals surface area contributed by atoms with Crippen molar-refractivity contribution in [3.8, 4) is 0 Å². The number of likely N-dealkylation sites (N-methyl/N-ethyl adjacent to an activating group) is 1. The molecule has 0 aromatic heterocycles. The van der Waals surface area contributed by atoms with Gasteiger partial charge in [0.2, 0.25) is 5.91 Å². The fourth-order valence-electron chi connectivity index (χ4n) is 5.50. The number of piperidine rings is 1. The van der Waals surface area contributed by atoms with E-state index >= 15 is 0 Å². The van der Waals surface area contributed by atoms with Crippen LogP contribution in [0.25, 0.3) is 0 Å². The van der Waals surface area contributed by atoms with E-state index in [0.717, 1.165) is 55.1 Å². The van der Waals surface area contributed by atoms with Gasteiger partial charge >= 0.3 is 6.18 Å². The van der Waals surface area contributed by atoms with Gasteiger partial charge < -0.3 is 30.3 Å². The first-order chi connectivity index (χ1) is 17.5. The normalized spacial score (nSPS) is 24.6. The third-order valence-corrected chi connectivity index (χ3v) is 7.94. The van der Waals surface area contributed by atoms with Crippen molar-refractivity contribution in [2.24, 2.45) is 11.7 Å². The highest BCUT2D eigenvalue weighted by Crippen LogP contribution is 2.42. The van der Waals surface area contributed by atoms with Crippen molar-refractivity contribution in [2.45, 2.75) is 30.7 Å². The van der Waals surface area contributed by atoms with Crippen molar-refractivity contribution < 1.29 is 27.8 Å². The Morgan fingerprint density at radius 1 is 1.03 bits per heavy atom. The van der Waals surface area contributed by atoms with Crippen molar-refractivity contribution in [3.63, 3.8) is 0 Å². The Labute approximate surface area is 214 Å². The van der Waals surface area contributed by atoms with E-state index in [1.54, 1.807) is 0 Å². The zero-order chi connectivity index (χ0) is 26.4. The number of hydrogen-bond donors (Lipinski definition) is 2. The topological polar surface area (TPSA) is 82.3 Å². The maximum atomic E-state index is 13.2. The van der Waals surface area contributed by atoms with Gasteiger partial charge in [-0.1, -0.05) is 6.07 Å². The second-order valence-electron chi connectivity index (χ2n) is 10.5. The Morgan fingerprint density at radius 2 is 1.70 bits per heavy atom. The summed E-state index contributed by atoms with van der Waals surface area (Å²) >= 11 is 0. The maximum Gasteiger partial charge on any atom is 0.416 e. The number of alkyl halides is 3. The Hall–Kier alpha value is -2.82. The van der Waals surface area contributed by atoms with Crippen LogP contribution in [0.15, 0.2) is 42.5 Å². The molecule has 5 rings (SSSR count). The van der Waals surface area contributed by atoms with Gasteiger partial charge in [-0.25, -0.2) is 0 Å². The Morgan fingerprint density at radius 3 is 2.27 bits per heavy atom. The number of benzene rings is 2. The lowest BCUT2D eigenvalue weighted by Crippen LogP contribution is -2.47. The number of ether oxygens (including phenoxy) is 1. The van der Waals surface area contributed by atoms with Crippen LogP contribution >= 0.6 is 0 Å². The van der Waals surface area contributed by atoms with Crippen LogP contribution in [0.3, 0.4) is 0 Å². The molecule has 3 N–H and O–H groups in total. The number of primary amides is 1. The molecule has 10 heteroatoms. The molecule has 200 valence electrons. The minimum absolute atomic E-state index is 0.204. The predicted octanol–water partition coefficient (Wildman–Crippen LogP) is 3.12. The Bertz CT molecular complexity index is 1130. The van der Waals surface area contributed by atoms with E-state index in [4.69, 9.17) is 10.5 Å². The summed E-state index contributed by atoms with van der Waals surface area (Å²) in [7, 11) is 2.08. The lowest BCUT2D eigenvalue weighted by atomic mass is 9.83. The number of halogens is 3. The zero-order valence-electron chi connectivity index (χ0n) is 20.9. The molecule has 37 heavy (non-hydrogen) atoms. The highest BCUT2D eigenvalue weighted by molar-refractivity contribution is 5.77. The summed E-state index contributed by atoms with van der Waals surface area (Å²) in [5.74, 6) is -0.722.